The number of methoxy groups -OCH3 is 1. The molecular formula is C28H30N8O2. The average Bonchev–Trinajstić information content (AvgIpc) is 2.94. The second-order valence-corrected chi connectivity index (χ2v) is 9.16. The number of carbonyl (C=O) groups is 1. The monoisotopic (exact) mass is 510 g/mol. The molecule has 0 aliphatic carbocycles. The average molecular weight is 511 g/mol. The van der Waals surface area contributed by atoms with Gasteiger partial charge in [-0.1, -0.05) is 24.8 Å². The number of pyridine rings is 2. The minimum Gasteiger partial charge on any atom is -0.479 e. The molecule has 0 saturated carbocycles. The molecule has 4 aromatic rings. The van der Waals surface area contributed by atoms with Gasteiger partial charge in [0.2, 0.25) is 17.7 Å². The van der Waals surface area contributed by atoms with Crippen LogP contribution >= 0.6 is 0 Å². The first kappa shape index (κ1) is 25.1. The van der Waals surface area contributed by atoms with E-state index in [0.29, 0.717) is 34.9 Å². The van der Waals surface area contributed by atoms with Crippen molar-refractivity contribution in [3.05, 3.63) is 67.5 Å². The van der Waals surface area contributed by atoms with Crippen molar-refractivity contribution in [3.63, 3.8) is 0 Å². The van der Waals surface area contributed by atoms with E-state index in [4.69, 9.17) is 9.72 Å². The van der Waals surface area contributed by atoms with E-state index in [0.717, 1.165) is 48.2 Å². The molecule has 3 aromatic heterocycles. The Morgan fingerprint density at radius 3 is 2.76 bits per heavy atom. The standard InChI is InChI=1S/C28H30N8O2/c1-4-25(37)32-20-10-13-29-23(16-20)21-7-5-6-18-17-30-28(35-26(18)21)33-22-8-9-24(34-27(22)38-3)31-19-11-14-36(2)15-12-19/h4-10,13,16-17,19H,1,11-12,14-15H2,2-3H3,(H,31,34)(H,29,32,37)(H,30,33,35). The van der Waals surface area contributed by atoms with Gasteiger partial charge in [0, 0.05) is 35.1 Å². The first-order valence-electron chi connectivity index (χ1n) is 12.4. The van der Waals surface area contributed by atoms with Gasteiger partial charge in [-0.15, -0.1) is 0 Å². The van der Waals surface area contributed by atoms with Crippen LogP contribution in [0.25, 0.3) is 22.2 Å². The number of piperidine rings is 1. The van der Waals surface area contributed by atoms with Crippen molar-refractivity contribution in [1.82, 2.24) is 24.8 Å². The van der Waals surface area contributed by atoms with Gasteiger partial charge in [-0.2, -0.15) is 4.98 Å². The van der Waals surface area contributed by atoms with Crippen LogP contribution in [0.2, 0.25) is 0 Å². The van der Waals surface area contributed by atoms with Gasteiger partial charge < -0.3 is 25.6 Å². The number of para-hydroxylation sites is 1. The van der Waals surface area contributed by atoms with Gasteiger partial charge in [-0.05, 0) is 63.3 Å². The first-order valence-corrected chi connectivity index (χ1v) is 12.4. The van der Waals surface area contributed by atoms with Gasteiger partial charge in [0.05, 0.1) is 18.3 Å². The van der Waals surface area contributed by atoms with Gasteiger partial charge in [-0.25, -0.2) is 9.97 Å². The number of aromatic nitrogens is 4. The van der Waals surface area contributed by atoms with Crippen molar-refractivity contribution in [2.75, 3.05) is 43.2 Å². The van der Waals surface area contributed by atoms with Crippen LogP contribution in [0.3, 0.4) is 0 Å². The fourth-order valence-electron chi connectivity index (χ4n) is 4.43. The molecule has 0 unspecified atom stereocenters. The Hall–Kier alpha value is -4.57. The van der Waals surface area contributed by atoms with E-state index in [9.17, 15) is 4.79 Å². The number of hydrogen-bond donors (Lipinski definition) is 3. The van der Waals surface area contributed by atoms with E-state index in [1.54, 1.807) is 31.6 Å². The lowest BCUT2D eigenvalue weighted by atomic mass is 10.1. The van der Waals surface area contributed by atoms with Gasteiger partial charge in [0.1, 0.15) is 11.5 Å². The zero-order valence-electron chi connectivity index (χ0n) is 21.4. The number of amides is 1. The summed E-state index contributed by atoms with van der Waals surface area (Å²) < 4.78 is 5.57. The molecule has 5 rings (SSSR count). The summed E-state index contributed by atoms with van der Waals surface area (Å²) in [5.41, 5.74) is 3.48. The lowest BCUT2D eigenvalue weighted by molar-refractivity contribution is -0.111. The third-order valence-corrected chi connectivity index (χ3v) is 6.47. The Balaban J connectivity index is 1.40. The normalized spacial score (nSPS) is 14.2. The second-order valence-electron chi connectivity index (χ2n) is 9.16. The highest BCUT2D eigenvalue weighted by atomic mass is 16.5. The number of hydrogen-bond acceptors (Lipinski definition) is 9. The van der Waals surface area contributed by atoms with Crippen molar-refractivity contribution in [1.29, 1.82) is 0 Å². The molecule has 1 aliphatic heterocycles. The fraction of sp³-hybridized carbons (Fsp3) is 0.250. The van der Waals surface area contributed by atoms with E-state index >= 15 is 0 Å². The predicted molar refractivity (Wildman–Crippen MR) is 150 cm³/mol. The Bertz CT molecular complexity index is 1470. The molecule has 1 aliphatic rings. The molecule has 194 valence electrons. The number of nitrogens with one attached hydrogen (secondary N) is 3. The summed E-state index contributed by atoms with van der Waals surface area (Å²) in [6.07, 6.45) is 6.78. The zero-order chi connectivity index (χ0) is 26.5. The number of ether oxygens (including phenoxy) is 1. The number of fused-ring (bicyclic) bond motifs is 1. The summed E-state index contributed by atoms with van der Waals surface area (Å²) in [6.45, 7) is 5.63. The molecule has 0 radical (unpaired) electrons. The predicted octanol–water partition coefficient (Wildman–Crippen LogP) is 4.47. The molecule has 0 atom stereocenters. The maximum atomic E-state index is 11.7. The summed E-state index contributed by atoms with van der Waals surface area (Å²) in [5, 5.41) is 10.4. The second kappa shape index (κ2) is 11.2. The molecule has 1 saturated heterocycles. The lowest BCUT2D eigenvalue weighted by Crippen LogP contribution is -2.36. The molecule has 0 bridgehead atoms. The van der Waals surface area contributed by atoms with Crippen LogP contribution < -0.4 is 20.7 Å². The van der Waals surface area contributed by atoms with Crippen LogP contribution in [0.1, 0.15) is 12.8 Å². The quantitative estimate of drug-likeness (QED) is 0.295. The molecule has 1 amide bonds. The molecule has 1 fully saturated rings. The molecule has 0 spiro atoms. The Labute approximate surface area is 221 Å². The van der Waals surface area contributed by atoms with Gasteiger partial charge in [0.25, 0.3) is 0 Å². The van der Waals surface area contributed by atoms with Crippen molar-refractivity contribution >= 4 is 40.0 Å². The smallest absolute Gasteiger partial charge is 0.247 e. The molecule has 10 nitrogen and oxygen atoms in total. The maximum Gasteiger partial charge on any atom is 0.247 e. The third-order valence-electron chi connectivity index (χ3n) is 6.47. The van der Waals surface area contributed by atoms with Gasteiger partial charge in [0.15, 0.2) is 0 Å². The summed E-state index contributed by atoms with van der Waals surface area (Å²) >= 11 is 0. The van der Waals surface area contributed by atoms with Crippen LogP contribution in [0.4, 0.5) is 23.1 Å². The van der Waals surface area contributed by atoms with Crippen LogP contribution in [-0.2, 0) is 4.79 Å². The first-order chi connectivity index (χ1) is 18.5. The zero-order valence-corrected chi connectivity index (χ0v) is 21.4. The number of likely N-dealkylation sites (tertiary alicyclic amines) is 1. The van der Waals surface area contributed by atoms with E-state index in [2.05, 4.69) is 49.4 Å². The molecule has 4 heterocycles. The summed E-state index contributed by atoms with van der Waals surface area (Å²) in [7, 11) is 3.74. The van der Waals surface area contributed by atoms with Crippen molar-refractivity contribution < 1.29 is 9.53 Å². The number of carbonyl (C=O) groups excluding carboxylic acids is 1. The number of benzene rings is 1. The highest BCUT2D eigenvalue weighted by molar-refractivity contribution is 5.99. The summed E-state index contributed by atoms with van der Waals surface area (Å²) in [4.78, 5) is 32.5. The lowest BCUT2D eigenvalue weighted by Gasteiger charge is -2.29. The maximum absolute atomic E-state index is 11.7. The van der Waals surface area contributed by atoms with Crippen molar-refractivity contribution in [2.24, 2.45) is 0 Å². The topological polar surface area (TPSA) is 117 Å². The largest absolute Gasteiger partial charge is 0.479 e. The summed E-state index contributed by atoms with van der Waals surface area (Å²) in [5.74, 6) is 1.34. The van der Waals surface area contributed by atoms with Crippen LogP contribution in [-0.4, -0.2) is 64.0 Å². The van der Waals surface area contributed by atoms with E-state index in [1.807, 2.05) is 30.3 Å². The minimum absolute atomic E-state index is 0.288. The molecule has 3 N–H and O–H groups in total. The molecule has 10 heteroatoms. The Morgan fingerprint density at radius 2 is 1.97 bits per heavy atom. The molecule has 1 aromatic carbocycles. The van der Waals surface area contributed by atoms with Crippen molar-refractivity contribution in [3.8, 4) is 17.1 Å². The van der Waals surface area contributed by atoms with Crippen LogP contribution in [0, 0.1) is 0 Å². The Kier molecular flexibility index (Phi) is 7.41. The number of nitrogens with zero attached hydrogens (tertiary/aromatic N) is 5. The minimum atomic E-state index is -0.288. The van der Waals surface area contributed by atoms with Crippen LogP contribution in [0.15, 0.2) is 67.5 Å². The van der Waals surface area contributed by atoms with E-state index < -0.39 is 0 Å². The van der Waals surface area contributed by atoms with E-state index in [1.165, 1.54) is 6.08 Å². The van der Waals surface area contributed by atoms with Crippen LogP contribution in [0.5, 0.6) is 5.88 Å². The highest BCUT2D eigenvalue weighted by Crippen LogP contribution is 2.30. The third kappa shape index (κ3) is 5.70. The number of anilines is 4. The van der Waals surface area contributed by atoms with Crippen molar-refractivity contribution in [2.45, 2.75) is 18.9 Å². The SMILES string of the molecule is C=CC(=O)Nc1ccnc(-c2cccc3cnc(Nc4ccc(NC5CCN(C)CC5)nc4OC)nc23)c1. The van der Waals surface area contributed by atoms with Gasteiger partial charge >= 0.3 is 0 Å². The Morgan fingerprint density at radius 1 is 1.13 bits per heavy atom. The fourth-order valence-corrected chi connectivity index (χ4v) is 4.43. The molecule has 38 heavy (non-hydrogen) atoms. The highest BCUT2D eigenvalue weighted by Gasteiger charge is 2.18. The summed E-state index contributed by atoms with van der Waals surface area (Å²) in [6, 6.07) is 13.6. The number of rotatable bonds is 8. The van der Waals surface area contributed by atoms with E-state index in [-0.39, 0.29) is 5.91 Å². The van der Waals surface area contributed by atoms with Gasteiger partial charge in [-0.3, -0.25) is 9.78 Å². The molecular weight excluding hydrogens is 480 g/mol.